The molecule has 1 atom stereocenters. The van der Waals surface area contributed by atoms with E-state index in [1.54, 1.807) is 35.2 Å². The third-order valence-corrected chi connectivity index (χ3v) is 5.71. The van der Waals surface area contributed by atoms with Crippen molar-refractivity contribution in [2.45, 2.75) is 19.8 Å². The van der Waals surface area contributed by atoms with Crippen molar-refractivity contribution in [2.75, 3.05) is 30.8 Å². The molecule has 1 aliphatic heterocycles. The Bertz CT molecular complexity index is 899. The zero-order valence-electron chi connectivity index (χ0n) is 17.0. The van der Waals surface area contributed by atoms with Gasteiger partial charge in [-0.2, -0.15) is 0 Å². The second-order valence-corrected chi connectivity index (χ2v) is 7.83. The van der Waals surface area contributed by atoms with Gasteiger partial charge in [0.2, 0.25) is 5.91 Å². The van der Waals surface area contributed by atoms with Crippen LogP contribution in [0.5, 0.6) is 5.75 Å². The number of rotatable bonds is 5. The first-order chi connectivity index (χ1) is 14.4. The lowest BCUT2D eigenvalue weighted by atomic mass is 9.85. The highest BCUT2D eigenvalue weighted by Crippen LogP contribution is 2.27. The first-order valence-corrected chi connectivity index (χ1v) is 10.2. The Hall–Kier alpha value is -2.80. The van der Waals surface area contributed by atoms with Gasteiger partial charge in [0.15, 0.2) is 11.6 Å². The topological polar surface area (TPSA) is 70.7 Å². The summed E-state index contributed by atoms with van der Waals surface area (Å²) in [5.41, 5.74) is 1.08. The van der Waals surface area contributed by atoms with Gasteiger partial charge in [-0.05, 0) is 55.2 Å². The number of nitrogens with zero attached hydrogens (tertiary/aromatic N) is 1. The molecule has 1 fully saturated rings. The van der Waals surface area contributed by atoms with E-state index < -0.39 is 5.82 Å². The molecule has 3 amide bonds. The van der Waals surface area contributed by atoms with Crippen molar-refractivity contribution in [3.63, 3.8) is 0 Å². The molecule has 160 valence electrons. The van der Waals surface area contributed by atoms with Crippen LogP contribution in [0.15, 0.2) is 42.5 Å². The first-order valence-electron chi connectivity index (χ1n) is 9.83. The van der Waals surface area contributed by atoms with E-state index in [9.17, 15) is 14.0 Å². The van der Waals surface area contributed by atoms with E-state index in [2.05, 4.69) is 10.6 Å². The monoisotopic (exact) mass is 433 g/mol. The first kappa shape index (κ1) is 21.9. The Labute approximate surface area is 180 Å². The molecule has 2 N–H and O–H groups in total. The number of piperidine rings is 1. The van der Waals surface area contributed by atoms with Gasteiger partial charge >= 0.3 is 6.03 Å². The van der Waals surface area contributed by atoms with Crippen LogP contribution in [0.3, 0.4) is 0 Å². The fourth-order valence-electron chi connectivity index (χ4n) is 3.55. The van der Waals surface area contributed by atoms with Gasteiger partial charge in [0.25, 0.3) is 0 Å². The minimum atomic E-state index is -0.525. The number of hydrogen-bond acceptors (Lipinski definition) is 3. The lowest BCUT2D eigenvalue weighted by molar-refractivity contribution is -0.121. The van der Waals surface area contributed by atoms with Gasteiger partial charge in [0.05, 0.1) is 7.11 Å². The van der Waals surface area contributed by atoms with Crippen LogP contribution in [-0.4, -0.2) is 37.0 Å². The SMILES string of the molecule is COc1ccc(NC(=O)C(C)C2CCN(C(=O)Nc3ccc(Cl)cc3)CC2)cc1F. The fourth-order valence-corrected chi connectivity index (χ4v) is 3.68. The quantitative estimate of drug-likeness (QED) is 0.696. The summed E-state index contributed by atoms with van der Waals surface area (Å²) < 4.78 is 18.7. The zero-order valence-corrected chi connectivity index (χ0v) is 17.7. The van der Waals surface area contributed by atoms with Crippen molar-refractivity contribution in [2.24, 2.45) is 11.8 Å². The van der Waals surface area contributed by atoms with Crippen LogP contribution in [0.4, 0.5) is 20.6 Å². The number of ether oxygens (including phenoxy) is 1. The number of carbonyl (C=O) groups excluding carboxylic acids is 2. The molecule has 2 aromatic carbocycles. The molecule has 1 heterocycles. The van der Waals surface area contributed by atoms with Crippen molar-refractivity contribution in [1.29, 1.82) is 0 Å². The standard InChI is InChI=1S/C22H25ClFN3O3/c1-14(21(28)25-18-7-8-20(30-2)19(24)13-18)15-9-11-27(12-10-15)22(29)26-17-5-3-16(23)4-6-17/h3-8,13-15H,9-12H2,1-2H3,(H,25,28)(H,26,29). The van der Waals surface area contributed by atoms with Crippen LogP contribution in [0, 0.1) is 17.7 Å². The number of carbonyl (C=O) groups is 2. The van der Waals surface area contributed by atoms with Crippen molar-refractivity contribution < 1.29 is 18.7 Å². The van der Waals surface area contributed by atoms with Crippen LogP contribution in [-0.2, 0) is 4.79 Å². The van der Waals surface area contributed by atoms with Crippen LogP contribution in [0.2, 0.25) is 5.02 Å². The Balaban J connectivity index is 1.50. The maximum atomic E-state index is 13.8. The average molecular weight is 434 g/mol. The van der Waals surface area contributed by atoms with Gasteiger partial charge in [0, 0.05) is 41.5 Å². The fraction of sp³-hybridized carbons (Fsp3) is 0.364. The molecule has 8 heteroatoms. The van der Waals surface area contributed by atoms with E-state index in [1.807, 2.05) is 6.92 Å². The summed E-state index contributed by atoms with van der Waals surface area (Å²) in [6, 6.07) is 11.1. The normalized spacial score (nSPS) is 15.4. The zero-order chi connectivity index (χ0) is 21.7. The molecule has 1 saturated heterocycles. The number of likely N-dealkylation sites (tertiary alicyclic amines) is 1. The van der Waals surface area contributed by atoms with E-state index in [1.165, 1.54) is 19.2 Å². The van der Waals surface area contributed by atoms with E-state index in [0.29, 0.717) is 29.5 Å². The number of nitrogens with one attached hydrogen (secondary N) is 2. The van der Waals surface area contributed by atoms with E-state index in [4.69, 9.17) is 16.3 Å². The summed E-state index contributed by atoms with van der Waals surface area (Å²) in [5.74, 6) is -0.666. The van der Waals surface area contributed by atoms with Crippen LogP contribution in [0.25, 0.3) is 0 Å². The van der Waals surface area contributed by atoms with E-state index >= 15 is 0 Å². The highest BCUT2D eigenvalue weighted by molar-refractivity contribution is 6.30. The maximum Gasteiger partial charge on any atom is 0.321 e. The predicted octanol–water partition coefficient (Wildman–Crippen LogP) is 5.01. The molecule has 1 unspecified atom stereocenters. The summed E-state index contributed by atoms with van der Waals surface area (Å²) in [4.78, 5) is 26.8. The molecule has 0 aliphatic carbocycles. The van der Waals surface area contributed by atoms with Gasteiger partial charge in [-0.3, -0.25) is 4.79 Å². The van der Waals surface area contributed by atoms with Crippen molar-refractivity contribution >= 4 is 34.9 Å². The third kappa shape index (κ3) is 5.42. The molecule has 30 heavy (non-hydrogen) atoms. The van der Waals surface area contributed by atoms with Gasteiger partial charge in [0.1, 0.15) is 0 Å². The molecule has 6 nitrogen and oxygen atoms in total. The number of halogens is 2. The summed E-state index contributed by atoms with van der Waals surface area (Å²) in [5, 5.41) is 6.23. The minimum Gasteiger partial charge on any atom is -0.494 e. The Morgan fingerprint density at radius 3 is 2.33 bits per heavy atom. The smallest absolute Gasteiger partial charge is 0.321 e. The van der Waals surface area contributed by atoms with Crippen molar-refractivity contribution in [3.8, 4) is 5.75 Å². The van der Waals surface area contributed by atoms with Gasteiger partial charge < -0.3 is 20.3 Å². The molecule has 0 spiro atoms. The number of urea groups is 1. The lowest BCUT2D eigenvalue weighted by Crippen LogP contribution is -2.43. The minimum absolute atomic E-state index is 0.130. The average Bonchev–Trinajstić information content (AvgIpc) is 2.75. The highest BCUT2D eigenvalue weighted by atomic mass is 35.5. The summed E-state index contributed by atoms with van der Waals surface area (Å²) in [6.07, 6.45) is 1.44. The second-order valence-electron chi connectivity index (χ2n) is 7.39. The molecule has 2 aromatic rings. The van der Waals surface area contributed by atoms with Gasteiger partial charge in [-0.25, -0.2) is 9.18 Å². The Morgan fingerprint density at radius 2 is 1.73 bits per heavy atom. The summed E-state index contributed by atoms with van der Waals surface area (Å²) in [7, 11) is 1.39. The molecule has 0 radical (unpaired) electrons. The van der Waals surface area contributed by atoms with Gasteiger partial charge in [-0.1, -0.05) is 18.5 Å². The van der Waals surface area contributed by atoms with E-state index in [-0.39, 0.29) is 29.5 Å². The number of anilines is 2. The molecule has 3 rings (SSSR count). The Kier molecular flexibility index (Phi) is 7.15. The number of amides is 3. The lowest BCUT2D eigenvalue weighted by Gasteiger charge is -2.34. The molecule has 0 saturated carbocycles. The number of methoxy groups -OCH3 is 1. The van der Waals surface area contributed by atoms with Crippen molar-refractivity contribution in [3.05, 3.63) is 53.3 Å². The van der Waals surface area contributed by atoms with Crippen LogP contribution >= 0.6 is 11.6 Å². The number of benzene rings is 2. The molecular weight excluding hydrogens is 409 g/mol. The van der Waals surface area contributed by atoms with Gasteiger partial charge in [-0.15, -0.1) is 0 Å². The molecular formula is C22H25ClFN3O3. The third-order valence-electron chi connectivity index (χ3n) is 5.46. The molecule has 0 bridgehead atoms. The molecule has 0 aromatic heterocycles. The summed E-state index contributed by atoms with van der Waals surface area (Å²) in [6.45, 7) is 3.00. The predicted molar refractivity (Wildman–Crippen MR) is 116 cm³/mol. The molecule has 1 aliphatic rings. The number of hydrogen-bond donors (Lipinski definition) is 2. The second kappa shape index (κ2) is 9.80. The maximum absolute atomic E-state index is 13.8. The summed E-state index contributed by atoms with van der Waals surface area (Å²) >= 11 is 5.86. The largest absolute Gasteiger partial charge is 0.494 e. The van der Waals surface area contributed by atoms with Crippen LogP contribution in [0.1, 0.15) is 19.8 Å². The van der Waals surface area contributed by atoms with E-state index in [0.717, 1.165) is 12.8 Å². The highest BCUT2D eigenvalue weighted by Gasteiger charge is 2.30. The Morgan fingerprint density at radius 1 is 1.10 bits per heavy atom. The van der Waals surface area contributed by atoms with Crippen molar-refractivity contribution in [1.82, 2.24) is 4.90 Å². The van der Waals surface area contributed by atoms with Crippen LogP contribution < -0.4 is 15.4 Å².